The molecular weight excluding hydrogens is 260 g/mol. The molecule has 0 spiro atoms. The number of aliphatic hydroxyl groups excluding tert-OH is 2. The van der Waals surface area contributed by atoms with Crippen molar-refractivity contribution in [3.05, 3.63) is 0 Å². The molecule has 0 saturated heterocycles. The third kappa shape index (κ3) is 1.84. The highest BCUT2D eigenvalue weighted by atomic mass is 16.3. The van der Waals surface area contributed by atoms with Crippen LogP contribution < -0.4 is 0 Å². The molecule has 0 radical (unpaired) electrons. The molecule has 8 atom stereocenters. The number of hydrogen-bond acceptors (Lipinski definition) is 2. The second-order valence-electron chi connectivity index (χ2n) is 9.19. The van der Waals surface area contributed by atoms with E-state index in [0.29, 0.717) is 23.2 Å². The summed E-state index contributed by atoms with van der Waals surface area (Å²) in [4.78, 5) is 0. The van der Waals surface area contributed by atoms with Crippen LogP contribution in [0.3, 0.4) is 0 Å². The molecule has 4 rings (SSSR count). The third-order valence-electron chi connectivity index (χ3n) is 8.52. The van der Waals surface area contributed by atoms with Gasteiger partial charge in [-0.2, -0.15) is 0 Å². The number of aliphatic hydroxyl groups is 2. The van der Waals surface area contributed by atoms with Crippen molar-refractivity contribution in [1.29, 1.82) is 0 Å². The van der Waals surface area contributed by atoms with Gasteiger partial charge in [-0.15, -0.1) is 0 Å². The van der Waals surface area contributed by atoms with Crippen molar-refractivity contribution >= 4 is 0 Å². The van der Waals surface area contributed by atoms with Crippen molar-refractivity contribution in [2.45, 2.75) is 83.8 Å². The van der Waals surface area contributed by atoms with Gasteiger partial charge in [-0.05, 0) is 79.4 Å². The molecule has 0 aliphatic heterocycles. The topological polar surface area (TPSA) is 40.5 Å². The zero-order valence-electron chi connectivity index (χ0n) is 13.7. The van der Waals surface area contributed by atoms with Gasteiger partial charge in [0.05, 0.1) is 12.2 Å². The van der Waals surface area contributed by atoms with E-state index in [2.05, 4.69) is 13.8 Å². The molecule has 0 aromatic heterocycles. The maximum absolute atomic E-state index is 10.9. The van der Waals surface area contributed by atoms with Crippen molar-refractivity contribution < 1.29 is 10.2 Å². The molecule has 4 saturated carbocycles. The average molecular weight is 292 g/mol. The molecule has 120 valence electrons. The lowest BCUT2D eigenvalue weighted by Crippen LogP contribution is -2.57. The van der Waals surface area contributed by atoms with Crippen LogP contribution in [0.4, 0.5) is 0 Å². The zero-order chi connectivity index (χ0) is 14.8. The molecule has 0 heterocycles. The Kier molecular flexibility index (Phi) is 3.25. The second kappa shape index (κ2) is 4.71. The van der Waals surface area contributed by atoms with Crippen molar-refractivity contribution in [1.82, 2.24) is 0 Å². The van der Waals surface area contributed by atoms with Gasteiger partial charge >= 0.3 is 0 Å². The summed E-state index contributed by atoms with van der Waals surface area (Å²) in [5, 5.41) is 21.5. The Morgan fingerprint density at radius 1 is 0.857 bits per heavy atom. The first kappa shape index (κ1) is 14.5. The van der Waals surface area contributed by atoms with Crippen molar-refractivity contribution in [3.8, 4) is 0 Å². The van der Waals surface area contributed by atoms with E-state index >= 15 is 0 Å². The van der Waals surface area contributed by atoms with E-state index < -0.39 is 0 Å². The minimum Gasteiger partial charge on any atom is -0.393 e. The van der Waals surface area contributed by atoms with E-state index in [1.54, 1.807) is 0 Å². The lowest BCUT2D eigenvalue weighted by molar-refractivity contribution is -0.167. The predicted molar refractivity (Wildman–Crippen MR) is 83.7 cm³/mol. The van der Waals surface area contributed by atoms with Gasteiger partial charge < -0.3 is 10.2 Å². The maximum atomic E-state index is 10.9. The van der Waals surface area contributed by atoms with Crippen molar-refractivity contribution in [3.63, 3.8) is 0 Å². The fourth-order valence-corrected chi connectivity index (χ4v) is 7.27. The first-order valence-corrected chi connectivity index (χ1v) is 9.33. The fourth-order valence-electron chi connectivity index (χ4n) is 7.27. The molecule has 4 aliphatic carbocycles. The van der Waals surface area contributed by atoms with E-state index in [0.717, 1.165) is 25.2 Å². The van der Waals surface area contributed by atoms with Gasteiger partial charge in [-0.1, -0.05) is 26.7 Å². The zero-order valence-corrected chi connectivity index (χ0v) is 13.7. The molecule has 0 amide bonds. The smallest absolute Gasteiger partial charge is 0.0600 e. The van der Waals surface area contributed by atoms with Gasteiger partial charge in [-0.25, -0.2) is 0 Å². The van der Waals surface area contributed by atoms with Crippen LogP contribution in [0.25, 0.3) is 0 Å². The van der Waals surface area contributed by atoms with Crippen LogP contribution in [0, 0.1) is 34.5 Å². The average Bonchev–Trinajstić information content (AvgIpc) is 2.77. The Labute approximate surface area is 129 Å². The summed E-state index contributed by atoms with van der Waals surface area (Å²) in [7, 11) is 0. The van der Waals surface area contributed by atoms with Crippen molar-refractivity contribution in [2.24, 2.45) is 34.5 Å². The quantitative estimate of drug-likeness (QED) is 0.714. The van der Waals surface area contributed by atoms with Crippen LogP contribution in [-0.4, -0.2) is 22.4 Å². The molecule has 0 unspecified atom stereocenters. The number of fused-ring (bicyclic) bond motifs is 5. The Morgan fingerprint density at radius 3 is 2.48 bits per heavy atom. The van der Waals surface area contributed by atoms with E-state index in [4.69, 9.17) is 0 Å². The highest BCUT2D eigenvalue weighted by Gasteiger charge is 2.62. The number of rotatable bonds is 0. The summed E-state index contributed by atoms with van der Waals surface area (Å²) in [5.74, 6) is 2.54. The third-order valence-corrected chi connectivity index (χ3v) is 8.52. The first-order chi connectivity index (χ1) is 9.97. The monoisotopic (exact) mass is 292 g/mol. The van der Waals surface area contributed by atoms with E-state index in [1.165, 1.54) is 38.5 Å². The Hall–Kier alpha value is -0.0800. The lowest BCUT2D eigenvalue weighted by atomic mass is 9.44. The Bertz CT molecular complexity index is 422. The molecular formula is C19H32O2. The largest absolute Gasteiger partial charge is 0.393 e. The second-order valence-corrected chi connectivity index (χ2v) is 9.19. The van der Waals surface area contributed by atoms with E-state index in [1.807, 2.05) is 0 Å². The minimum atomic E-state index is -0.196. The first-order valence-electron chi connectivity index (χ1n) is 9.33. The van der Waals surface area contributed by atoms with Crippen LogP contribution in [0.15, 0.2) is 0 Å². The molecule has 2 N–H and O–H groups in total. The van der Waals surface area contributed by atoms with E-state index in [-0.39, 0.29) is 17.6 Å². The maximum Gasteiger partial charge on any atom is 0.0600 e. The molecule has 2 heteroatoms. The molecule has 0 aromatic rings. The minimum absolute atomic E-state index is 0.0154. The summed E-state index contributed by atoms with van der Waals surface area (Å²) >= 11 is 0. The van der Waals surface area contributed by atoms with Gasteiger partial charge in [0.2, 0.25) is 0 Å². The fraction of sp³-hybridized carbons (Fsp3) is 1.00. The molecule has 0 bridgehead atoms. The van der Waals surface area contributed by atoms with Gasteiger partial charge in [-0.3, -0.25) is 0 Å². The summed E-state index contributed by atoms with van der Waals surface area (Å²) in [6, 6.07) is 0. The summed E-state index contributed by atoms with van der Waals surface area (Å²) in [6.07, 6.45) is 10.8. The van der Waals surface area contributed by atoms with Gasteiger partial charge in [0.15, 0.2) is 0 Å². The lowest BCUT2D eigenvalue weighted by Gasteiger charge is -2.61. The summed E-state index contributed by atoms with van der Waals surface area (Å²) in [6.45, 7) is 4.77. The number of hydrogen-bond donors (Lipinski definition) is 2. The van der Waals surface area contributed by atoms with E-state index in [9.17, 15) is 10.2 Å². The normalized spacial score (nSPS) is 60.0. The molecule has 4 fully saturated rings. The van der Waals surface area contributed by atoms with Crippen LogP contribution in [0.1, 0.15) is 71.6 Å². The Morgan fingerprint density at radius 2 is 1.67 bits per heavy atom. The SMILES string of the molecule is C[C@]12CC[C@H](O)[C@@H]1[C@@H]1CC[C@H]3CCCC[C@]3(C)[C@@H]1C[C@H]2O. The summed E-state index contributed by atoms with van der Waals surface area (Å²) in [5.41, 5.74) is 0.421. The van der Waals surface area contributed by atoms with Gasteiger partial charge in [0, 0.05) is 0 Å². The van der Waals surface area contributed by atoms with Crippen molar-refractivity contribution in [2.75, 3.05) is 0 Å². The van der Waals surface area contributed by atoms with Gasteiger partial charge in [0.25, 0.3) is 0 Å². The standard InChI is InChI=1S/C19H32O2/c1-18-9-4-3-5-12(18)6-7-13-14(18)11-16(21)19(2)10-8-15(20)17(13)19/h12-17,20-21H,3-11H2,1-2H3/t12-,13-,14-,15+,16-,17+,18+,19-/m1/s1. The van der Waals surface area contributed by atoms with Crippen LogP contribution in [0.2, 0.25) is 0 Å². The molecule has 21 heavy (non-hydrogen) atoms. The molecule has 4 aliphatic rings. The van der Waals surface area contributed by atoms with Crippen LogP contribution in [0.5, 0.6) is 0 Å². The van der Waals surface area contributed by atoms with Crippen LogP contribution in [-0.2, 0) is 0 Å². The highest BCUT2D eigenvalue weighted by molar-refractivity contribution is 5.11. The Balaban J connectivity index is 1.70. The predicted octanol–water partition coefficient (Wildman–Crippen LogP) is 3.75. The van der Waals surface area contributed by atoms with Gasteiger partial charge in [0.1, 0.15) is 0 Å². The highest BCUT2D eigenvalue weighted by Crippen LogP contribution is 2.66. The molecule has 2 nitrogen and oxygen atoms in total. The molecule has 0 aromatic carbocycles. The van der Waals surface area contributed by atoms with Crippen LogP contribution >= 0.6 is 0 Å². The summed E-state index contributed by atoms with van der Waals surface area (Å²) < 4.78 is 0.